The normalized spacial score (nSPS) is 29.3. The Morgan fingerprint density at radius 1 is 0.886 bits per heavy atom. The first-order valence-corrected chi connectivity index (χ1v) is 16.0. The predicted octanol–water partition coefficient (Wildman–Crippen LogP) is 5.83. The van der Waals surface area contributed by atoms with Gasteiger partial charge in [0.2, 0.25) is 23.6 Å². The van der Waals surface area contributed by atoms with Crippen molar-refractivity contribution in [3.8, 4) is 11.5 Å². The number of hydrogen-bond donors (Lipinski definition) is 1. The summed E-state index contributed by atoms with van der Waals surface area (Å²) in [6.45, 7) is 4.01. The summed E-state index contributed by atoms with van der Waals surface area (Å²) in [6.07, 6.45) is 2.67. The molecule has 3 aromatic carbocycles. The molecule has 4 amide bonds. The molecule has 8 nitrogen and oxygen atoms in total. The molecule has 1 saturated carbocycles. The number of nitrogens with zero attached hydrogens (tertiary/aromatic N) is 2. The number of phenolic OH excluding ortho intramolecular Hbond substituents is 1. The second-order valence-electron chi connectivity index (χ2n) is 12.1. The van der Waals surface area contributed by atoms with Gasteiger partial charge in [0.05, 0.1) is 41.2 Å². The lowest BCUT2D eigenvalue weighted by Gasteiger charge is -2.49. The number of halogens is 1. The predicted molar refractivity (Wildman–Crippen MR) is 172 cm³/mol. The lowest BCUT2D eigenvalue weighted by Crippen LogP contribution is -2.48. The van der Waals surface area contributed by atoms with Crippen molar-refractivity contribution >= 4 is 57.6 Å². The minimum Gasteiger partial charge on any atom is -0.504 e. The van der Waals surface area contributed by atoms with Gasteiger partial charge in [0, 0.05) is 9.49 Å². The fourth-order valence-corrected chi connectivity index (χ4v) is 8.40. The van der Waals surface area contributed by atoms with Crippen molar-refractivity contribution in [2.24, 2.45) is 29.1 Å². The van der Waals surface area contributed by atoms with Crippen LogP contribution in [0, 0.1) is 32.7 Å². The third kappa shape index (κ3) is 4.08. The number of benzene rings is 3. The summed E-state index contributed by atoms with van der Waals surface area (Å²) in [5.41, 5.74) is 1.49. The van der Waals surface area contributed by atoms with E-state index in [-0.39, 0.29) is 41.5 Å². The number of phenols is 1. The number of ether oxygens (including phenoxy) is 1. The van der Waals surface area contributed by atoms with Crippen LogP contribution in [0.25, 0.3) is 0 Å². The molecule has 3 aromatic rings. The Balaban J connectivity index is 1.37. The molecule has 44 heavy (non-hydrogen) atoms. The Hall–Kier alpha value is -3.99. The van der Waals surface area contributed by atoms with E-state index < -0.39 is 35.0 Å². The summed E-state index contributed by atoms with van der Waals surface area (Å²) in [5.74, 6) is -3.74. The molecule has 0 aromatic heterocycles. The zero-order valence-corrected chi connectivity index (χ0v) is 26.4. The van der Waals surface area contributed by atoms with Crippen LogP contribution in [0.1, 0.15) is 38.2 Å². The van der Waals surface area contributed by atoms with Gasteiger partial charge in [-0.1, -0.05) is 35.9 Å². The Morgan fingerprint density at radius 3 is 2.30 bits per heavy atom. The zero-order valence-electron chi connectivity index (χ0n) is 24.3. The minimum atomic E-state index is -1.16. The van der Waals surface area contributed by atoms with Gasteiger partial charge in [-0.2, -0.15) is 0 Å². The van der Waals surface area contributed by atoms with Crippen LogP contribution in [-0.4, -0.2) is 35.3 Å². The maximum atomic E-state index is 14.5. The second kappa shape index (κ2) is 10.6. The van der Waals surface area contributed by atoms with Gasteiger partial charge in [0.15, 0.2) is 11.5 Å². The standard InChI is InChI=1S/C35H31IN2O6/c1-3-44-28-17-19(9-16-27(28)39)30-23-14-15-24-29(33(42)37(31(24)40)22-12-10-20(36)11-13-22)25(23)18-26-32(41)38(34(43)35(26,30)2)21-7-5-4-6-8-21/h4-14,16-17,24-26,29-30,39H,3,15,18H2,1-2H3/t24-,25+,26-,29-,30-,35+/m0/s1. The summed E-state index contributed by atoms with van der Waals surface area (Å²) in [6, 6.07) is 21.3. The molecule has 2 aliphatic carbocycles. The van der Waals surface area contributed by atoms with Crippen LogP contribution in [-0.2, 0) is 19.2 Å². The molecule has 2 aliphatic heterocycles. The summed E-state index contributed by atoms with van der Waals surface area (Å²) < 4.78 is 6.72. The number of imide groups is 2. The SMILES string of the molecule is CCOc1cc([C@H]2C3=CC[C@@H]4C(=O)N(c5ccc(I)cc5)C(=O)[C@@H]4[C@@H]3C[C@H]3C(=O)N(c4ccccc4)C(=O)[C@@]23C)ccc1O. The van der Waals surface area contributed by atoms with Gasteiger partial charge in [-0.3, -0.25) is 24.1 Å². The molecular weight excluding hydrogens is 671 g/mol. The Labute approximate surface area is 268 Å². The van der Waals surface area contributed by atoms with Gasteiger partial charge in [0.25, 0.3) is 0 Å². The van der Waals surface area contributed by atoms with E-state index in [1.54, 1.807) is 54.6 Å². The number of anilines is 2. The van der Waals surface area contributed by atoms with E-state index in [9.17, 15) is 24.3 Å². The summed E-state index contributed by atoms with van der Waals surface area (Å²) in [4.78, 5) is 59.3. The van der Waals surface area contributed by atoms with Gasteiger partial charge in [-0.25, -0.2) is 4.90 Å². The molecule has 2 saturated heterocycles. The van der Waals surface area contributed by atoms with E-state index in [0.29, 0.717) is 24.4 Å². The van der Waals surface area contributed by atoms with E-state index in [1.165, 1.54) is 9.80 Å². The number of hydrogen-bond acceptors (Lipinski definition) is 6. The van der Waals surface area contributed by atoms with E-state index in [1.807, 2.05) is 38.1 Å². The molecule has 1 N–H and O–H groups in total. The lowest BCUT2D eigenvalue weighted by molar-refractivity contribution is -0.131. The largest absolute Gasteiger partial charge is 0.504 e. The van der Waals surface area contributed by atoms with Crippen LogP contribution in [0.15, 0.2) is 84.4 Å². The Morgan fingerprint density at radius 2 is 1.59 bits per heavy atom. The lowest BCUT2D eigenvalue weighted by atomic mass is 9.51. The number of para-hydroxylation sites is 1. The van der Waals surface area contributed by atoms with Crippen LogP contribution < -0.4 is 14.5 Å². The highest BCUT2D eigenvalue weighted by molar-refractivity contribution is 14.1. The number of allylic oxidation sites excluding steroid dienone is 2. The van der Waals surface area contributed by atoms with Crippen molar-refractivity contribution < 1.29 is 29.0 Å². The molecule has 4 aliphatic rings. The fourth-order valence-electron chi connectivity index (χ4n) is 8.04. The molecule has 0 unspecified atom stereocenters. The number of amides is 4. The summed E-state index contributed by atoms with van der Waals surface area (Å²) in [5, 5.41) is 10.5. The number of fused-ring (bicyclic) bond motifs is 4. The smallest absolute Gasteiger partial charge is 0.241 e. The number of aromatic hydroxyl groups is 1. The average molecular weight is 703 g/mol. The monoisotopic (exact) mass is 702 g/mol. The van der Waals surface area contributed by atoms with Crippen LogP contribution in [0.2, 0.25) is 0 Å². The molecule has 9 heteroatoms. The topological polar surface area (TPSA) is 104 Å². The molecule has 0 spiro atoms. The van der Waals surface area contributed by atoms with Crippen molar-refractivity contribution in [2.45, 2.75) is 32.6 Å². The zero-order chi connectivity index (χ0) is 30.9. The number of carbonyl (C=O) groups is 4. The molecular formula is C35H31IN2O6. The highest BCUT2D eigenvalue weighted by Gasteiger charge is 2.67. The molecule has 7 rings (SSSR count). The number of carbonyl (C=O) groups excluding carboxylic acids is 4. The number of rotatable bonds is 5. The molecule has 6 atom stereocenters. The first kappa shape index (κ1) is 28.8. The maximum Gasteiger partial charge on any atom is 0.241 e. The highest BCUT2D eigenvalue weighted by Crippen LogP contribution is 2.64. The molecule has 0 bridgehead atoms. The van der Waals surface area contributed by atoms with Gasteiger partial charge in [-0.05, 0) is 109 Å². The van der Waals surface area contributed by atoms with Gasteiger partial charge < -0.3 is 9.84 Å². The van der Waals surface area contributed by atoms with E-state index in [2.05, 4.69) is 22.6 Å². The Bertz CT molecular complexity index is 1740. The van der Waals surface area contributed by atoms with E-state index in [0.717, 1.165) is 14.7 Å². The fraction of sp³-hybridized carbons (Fsp3) is 0.314. The van der Waals surface area contributed by atoms with Crippen molar-refractivity contribution in [1.29, 1.82) is 0 Å². The van der Waals surface area contributed by atoms with Gasteiger partial charge in [-0.15, -0.1) is 0 Å². The van der Waals surface area contributed by atoms with Gasteiger partial charge >= 0.3 is 0 Å². The third-order valence-corrected chi connectivity index (χ3v) is 10.7. The van der Waals surface area contributed by atoms with E-state index >= 15 is 0 Å². The first-order valence-electron chi connectivity index (χ1n) is 14.9. The summed E-state index contributed by atoms with van der Waals surface area (Å²) in [7, 11) is 0. The summed E-state index contributed by atoms with van der Waals surface area (Å²) >= 11 is 2.18. The van der Waals surface area contributed by atoms with Gasteiger partial charge in [0.1, 0.15) is 0 Å². The van der Waals surface area contributed by atoms with Crippen LogP contribution in [0.4, 0.5) is 11.4 Å². The van der Waals surface area contributed by atoms with Crippen LogP contribution in [0.3, 0.4) is 0 Å². The molecule has 0 radical (unpaired) electrons. The second-order valence-corrected chi connectivity index (χ2v) is 13.4. The first-order chi connectivity index (χ1) is 21.2. The van der Waals surface area contributed by atoms with Crippen molar-refractivity contribution in [3.63, 3.8) is 0 Å². The maximum absolute atomic E-state index is 14.5. The van der Waals surface area contributed by atoms with Crippen molar-refractivity contribution in [3.05, 3.63) is 93.6 Å². The minimum absolute atomic E-state index is 0.0215. The molecule has 224 valence electrons. The average Bonchev–Trinajstić information content (AvgIpc) is 3.39. The molecule has 2 heterocycles. The van der Waals surface area contributed by atoms with E-state index in [4.69, 9.17) is 4.74 Å². The quantitative estimate of drug-likeness (QED) is 0.204. The third-order valence-electron chi connectivity index (χ3n) is 9.99. The Kier molecular flexibility index (Phi) is 6.91. The van der Waals surface area contributed by atoms with Crippen LogP contribution >= 0.6 is 22.6 Å². The molecule has 3 fully saturated rings. The van der Waals surface area contributed by atoms with Crippen LogP contribution in [0.5, 0.6) is 11.5 Å². The van der Waals surface area contributed by atoms with Crippen molar-refractivity contribution in [2.75, 3.05) is 16.4 Å². The highest BCUT2D eigenvalue weighted by atomic mass is 127. The van der Waals surface area contributed by atoms with Crippen molar-refractivity contribution in [1.82, 2.24) is 0 Å².